The minimum absolute atomic E-state index is 0.147. The first-order valence-electron chi connectivity index (χ1n) is 9.44. The quantitative estimate of drug-likeness (QED) is 0.754. The second kappa shape index (κ2) is 6.91. The summed E-state index contributed by atoms with van der Waals surface area (Å²) in [6.07, 6.45) is 8.19. The number of quaternary nitrogens is 1. The normalized spacial score (nSPS) is 22.6. The molecule has 146 valence electrons. The highest BCUT2D eigenvalue weighted by atomic mass is 16.5. The van der Waals surface area contributed by atoms with Gasteiger partial charge >= 0.3 is 5.84 Å². The second-order valence-corrected chi connectivity index (χ2v) is 6.90. The number of benzene rings is 1. The van der Waals surface area contributed by atoms with Crippen LogP contribution in [0.2, 0.25) is 0 Å². The molecule has 3 aliphatic rings. The van der Waals surface area contributed by atoms with E-state index in [-0.39, 0.29) is 4.70 Å². The van der Waals surface area contributed by atoms with Gasteiger partial charge in [0.15, 0.2) is 6.20 Å². The molecule has 0 amide bonds. The topological polar surface area (TPSA) is 71.7 Å². The van der Waals surface area contributed by atoms with Crippen molar-refractivity contribution in [1.82, 2.24) is 9.99 Å². The van der Waals surface area contributed by atoms with Crippen molar-refractivity contribution in [3.63, 3.8) is 0 Å². The molecule has 1 atom stereocenters. The van der Waals surface area contributed by atoms with Crippen molar-refractivity contribution in [2.75, 3.05) is 20.8 Å². The zero-order valence-corrected chi connectivity index (χ0v) is 16.3. The molecule has 5 rings (SSSR count). The molecule has 8 heteroatoms. The minimum Gasteiger partial charge on any atom is -0.496 e. The zero-order valence-electron chi connectivity index (χ0n) is 16.3. The maximum Gasteiger partial charge on any atom is 0.300 e. The van der Waals surface area contributed by atoms with Crippen molar-refractivity contribution < 1.29 is 14.2 Å². The molecule has 8 nitrogen and oxygen atoms in total. The van der Waals surface area contributed by atoms with E-state index in [1.54, 1.807) is 26.6 Å². The summed E-state index contributed by atoms with van der Waals surface area (Å²) in [6.45, 7) is 1.53. The van der Waals surface area contributed by atoms with Gasteiger partial charge in [0.05, 0.1) is 33.5 Å². The zero-order chi connectivity index (χ0) is 19.8. The summed E-state index contributed by atoms with van der Waals surface area (Å²) in [6, 6.07) is 9.75. The summed E-state index contributed by atoms with van der Waals surface area (Å²) in [5, 5.41) is 7.31. The Hall–Kier alpha value is -3.36. The fraction of sp³-hybridized carbons (Fsp3) is 0.238. The summed E-state index contributed by atoms with van der Waals surface area (Å²) >= 11 is 0. The molecule has 0 radical (unpaired) electrons. The third kappa shape index (κ3) is 2.76. The second-order valence-electron chi connectivity index (χ2n) is 6.90. The summed E-state index contributed by atoms with van der Waals surface area (Å²) in [5.74, 6) is 2.63. The van der Waals surface area contributed by atoms with Gasteiger partial charge in [-0.25, -0.2) is 0 Å². The fourth-order valence-corrected chi connectivity index (χ4v) is 3.96. The summed E-state index contributed by atoms with van der Waals surface area (Å²) in [4.78, 5) is 13.6. The fourth-order valence-electron chi connectivity index (χ4n) is 3.96. The van der Waals surface area contributed by atoms with Crippen LogP contribution in [0, 0.1) is 0 Å². The van der Waals surface area contributed by atoms with Crippen LogP contribution in [0.5, 0.6) is 11.5 Å². The van der Waals surface area contributed by atoms with E-state index in [1.807, 2.05) is 36.7 Å². The molecule has 4 heterocycles. The monoisotopic (exact) mass is 389 g/mol. The molecular weight excluding hydrogens is 368 g/mol. The molecule has 2 aromatic rings. The summed E-state index contributed by atoms with van der Waals surface area (Å²) in [5.41, 5.74) is 3.09. The highest BCUT2D eigenvalue weighted by Gasteiger charge is 2.48. The Morgan fingerprint density at radius 3 is 2.69 bits per heavy atom. The molecule has 29 heavy (non-hydrogen) atoms. The first-order chi connectivity index (χ1) is 14.2. The van der Waals surface area contributed by atoms with E-state index in [1.165, 1.54) is 5.56 Å². The van der Waals surface area contributed by atoms with Gasteiger partial charge in [0.25, 0.3) is 0 Å². The number of hydrogen-bond acceptors (Lipinski definition) is 7. The van der Waals surface area contributed by atoms with Gasteiger partial charge < -0.3 is 9.47 Å². The van der Waals surface area contributed by atoms with Crippen LogP contribution in [0.1, 0.15) is 16.8 Å². The highest BCUT2D eigenvalue weighted by molar-refractivity contribution is 6.31. The van der Waals surface area contributed by atoms with E-state index in [4.69, 9.17) is 19.6 Å². The minimum atomic E-state index is 0.147. The predicted molar refractivity (Wildman–Crippen MR) is 110 cm³/mol. The van der Waals surface area contributed by atoms with Crippen LogP contribution in [0.4, 0.5) is 0 Å². The predicted octanol–water partition coefficient (Wildman–Crippen LogP) is 2.52. The molecule has 1 aromatic heterocycles. The van der Waals surface area contributed by atoms with E-state index in [0.717, 1.165) is 36.6 Å². The molecule has 0 saturated carbocycles. The Balaban J connectivity index is 1.61. The van der Waals surface area contributed by atoms with Crippen LogP contribution in [0.25, 0.3) is 0 Å². The summed E-state index contributed by atoms with van der Waals surface area (Å²) < 4.78 is 11.3. The lowest BCUT2D eigenvalue weighted by atomic mass is 10.1. The van der Waals surface area contributed by atoms with Gasteiger partial charge in [-0.05, 0) is 33.6 Å². The van der Waals surface area contributed by atoms with Crippen molar-refractivity contribution in [2.45, 2.75) is 13.0 Å². The van der Waals surface area contributed by atoms with Gasteiger partial charge in [0, 0.05) is 18.3 Å². The van der Waals surface area contributed by atoms with Crippen molar-refractivity contribution in [1.29, 1.82) is 0 Å². The Bertz CT molecular complexity index is 1070. The molecule has 0 aliphatic carbocycles. The number of methoxy groups -OCH3 is 2. The number of pyridine rings is 1. The molecule has 0 N–H and O–H groups in total. The van der Waals surface area contributed by atoms with Gasteiger partial charge in [0.1, 0.15) is 23.3 Å². The molecular formula is C21H21N6O2+. The maximum absolute atomic E-state index is 5.57. The molecule has 0 saturated heterocycles. The van der Waals surface area contributed by atoms with E-state index in [2.05, 4.69) is 21.1 Å². The SMILES string of the molecule is COc1cccc(OC)c1C1=N[N+]2(N3CCc4ncccc4C3)C=CN=CC2=N1. The number of nitrogens with zero attached hydrogens (tertiary/aromatic N) is 6. The number of amidine groups is 2. The van der Waals surface area contributed by atoms with E-state index >= 15 is 0 Å². The first-order valence-corrected chi connectivity index (χ1v) is 9.44. The molecule has 0 spiro atoms. The molecule has 1 unspecified atom stereocenters. The van der Waals surface area contributed by atoms with Crippen LogP contribution in [0.15, 0.2) is 64.0 Å². The number of hydrogen-bond donors (Lipinski definition) is 0. The van der Waals surface area contributed by atoms with Gasteiger partial charge in [0.2, 0.25) is 5.84 Å². The van der Waals surface area contributed by atoms with E-state index < -0.39 is 0 Å². The lowest BCUT2D eigenvalue weighted by Crippen LogP contribution is -2.57. The first kappa shape index (κ1) is 17.7. The molecule has 0 bridgehead atoms. The van der Waals surface area contributed by atoms with Crippen LogP contribution in [-0.4, -0.2) is 53.3 Å². The number of aliphatic imine (C=N–C) groups is 2. The Morgan fingerprint density at radius 2 is 1.90 bits per heavy atom. The van der Waals surface area contributed by atoms with Gasteiger partial charge in [-0.15, -0.1) is 5.01 Å². The molecule has 0 fully saturated rings. The highest BCUT2D eigenvalue weighted by Crippen LogP contribution is 2.35. The lowest BCUT2D eigenvalue weighted by Gasteiger charge is -2.37. The van der Waals surface area contributed by atoms with E-state index in [9.17, 15) is 0 Å². The van der Waals surface area contributed by atoms with Crippen molar-refractivity contribution in [2.24, 2.45) is 15.1 Å². The van der Waals surface area contributed by atoms with Crippen LogP contribution < -0.4 is 9.47 Å². The smallest absolute Gasteiger partial charge is 0.300 e. The third-order valence-electron chi connectivity index (χ3n) is 5.38. The number of fused-ring (bicyclic) bond motifs is 2. The van der Waals surface area contributed by atoms with E-state index in [0.29, 0.717) is 17.3 Å². The van der Waals surface area contributed by atoms with Crippen LogP contribution in [-0.2, 0) is 13.0 Å². The number of rotatable bonds is 4. The molecule has 3 aliphatic heterocycles. The van der Waals surface area contributed by atoms with Crippen LogP contribution in [0.3, 0.4) is 0 Å². The van der Waals surface area contributed by atoms with Gasteiger partial charge in [-0.1, -0.05) is 12.1 Å². The molecule has 1 aromatic carbocycles. The van der Waals surface area contributed by atoms with Crippen molar-refractivity contribution >= 4 is 17.9 Å². The number of ether oxygens (including phenoxy) is 2. The Kier molecular flexibility index (Phi) is 4.22. The standard InChI is InChI=1S/C21H21N6O2/c1-28-17-6-3-7-18(29-2)20(17)21-24-19-13-22-10-12-27(19,25-21)26-11-8-16-15(14-26)5-4-9-23-16/h3-7,9-10,12-13H,8,11,14H2,1-2H3/q+1. The van der Waals surface area contributed by atoms with Crippen LogP contribution >= 0.6 is 0 Å². The summed E-state index contributed by atoms with van der Waals surface area (Å²) in [7, 11) is 3.27. The maximum atomic E-state index is 5.57. The number of aromatic nitrogens is 1. The lowest BCUT2D eigenvalue weighted by molar-refractivity contribution is -0.920. The van der Waals surface area contributed by atoms with Gasteiger partial charge in [-0.2, -0.15) is 4.99 Å². The average molecular weight is 389 g/mol. The average Bonchev–Trinajstić information content (AvgIpc) is 3.18. The third-order valence-corrected chi connectivity index (χ3v) is 5.38. The van der Waals surface area contributed by atoms with Crippen molar-refractivity contribution in [3.8, 4) is 11.5 Å². The largest absolute Gasteiger partial charge is 0.496 e. The Morgan fingerprint density at radius 1 is 1.07 bits per heavy atom. The van der Waals surface area contributed by atoms with Gasteiger partial charge in [-0.3, -0.25) is 9.98 Å². The van der Waals surface area contributed by atoms with Crippen molar-refractivity contribution in [3.05, 3.63) is 65.7 Å². The Labute approximate surface area is 168 Å².